The standard InChI is InChI=1S/C16H13NO7S2/c1-24-16(18)12-8-5-9-13-15(12)14(26(21,22)23)10-17(13)25(19,20)11-6-3-2-4-7-11/h2-10H,1H3,(H,21,22,23). The Bertz CT molecular complexity index is 1210. The molecule has 0 saturated carbocycles. The monoisotopic (exact) mass is 395 g/mol. The van der Waals surface area contributed by atoms with Crippen LogP contribution in [0.25, 0.3) is 10.9 Å². The molecule has 26 heavy (non-hydrogen) atoms. The molecule has 3 aromatic rings. The van der Waals surface area contributed by atoms with Crippen LogP contribution in [0.15, 0.2) is 64.5 Å². The molecule has 0 aliphatic rings. The molecular formula is C16H13NO7S2. The molecule has 8 nitrogen and oxygen atoms in total. The van der Waals surface area contributed by atoms with Gasteiger partial charge in [-0.25, -0.2) is 17.2 Å². The molecule has 3 rings (SSSR count). The number of benzene rings is 2. The van der Waals surface area contributed by atoms with Gasteiger partial charge in [-0.15, -0.1) is 0 Å². The van der Waals surface area contributed by atoms with Crippen molar-refractivity contribution in [3.63, 3.8) is 0 Å². The Morgan fingerprint density at radius 2 is 1.65 bits per heavy atom. The van der Waals surface area contributed by atoms with Crippen LogP contribution in [0.1, 0.15) is 10.4 Å². The number of hydrogen-bond acceptors (Lipinski definition) is 6. The summed E-state index contributed by atoms with van der Waals surface area (Å²) < 4.78 is 64.2. The quantitative estimate of drug-likeness (QED) is 0.529. The molecule has 0 atom stereocenters. The topological polar surface area (TPSA) is 120 Å². The molecule has 1 aromatic heterocycles. The Morgan fingerprint density at radius 1 is 1.00 bits per heavy atom. The molecule has 0 unspecified atom stereocenters. The molecule has 1 heterocycles. The summed E-state index contributed by atoms with van der Waals surface area (Å²) in [6.45, 7) is 0. The van der Waals surface area contributed by atoms with E-state index in [1.54, 1.807) is 6.07 Å². The van der Waals surface area contributed by atoms with E-state index in [-0.39, 0.29) is 21.4 Å². The van der Waals surface area contributed by atoms with Gasteiger partial charge < -0.3 is 4.74 Å². The molecule has 0 saturated heterocycles. The number of ether oxygens (including phenoxy) is 1. The molecule has 10 heteroatoms. The van der Waals surface area contributed by atoms with Crippen molar-refractivity contribution in [2.45, 2.75) is 9.79 Å². The average molecular weight is 395 g/mol. The van der Waals surface area contributed by atoms with Crippen molar-refractivity contribution < 1.29 is 30.9 Å². The largest absolute Gasteiger partial charge is 0.465 e. The van der Waals surface area contributed by atoms with Gasteiger partial charge in [-0.3, -0.25) is 4.55 Å². The summed E-state index contributed by atoms with van der Waals surface area (Å²) in [5.74, 6) is -0.865. The van der Waals surface area contributed by atoms with E-state index in [0.29, 0.717) is 3.97 Å². The van der Waals surface area contributed by atoms with E-state index in [0.717, 1.165) is 13.3 Å². The molecule has 0 aliphatic heterocycles. The van der Waals surface area contributed by atoms with Gasteiger partial charge in [0.15, 0.2) is 0 Å². The lowest BCUT2D eigenvalue weighted by atomic mass is 10.1. The highest BCUT2D eigenvalue weighted by molar-refractivity contribution is 7.90. The second-order valence-corrected chi connectivity index (χ2v) is 8.48. The van der Waals surface area contributed by atoms with Gasteiger partial charge in [-0.05, 0) is 24.3 Å². The Balaban J connectivity index is 2.45. The van der Waals surface area contributed by atoms with Crippen LogP contribution < -0.4 is 0 Å². The Kier molecular flexibility index (Phi) is 4.34. The first-order valence-electron chi connectivity index (χ1n) is 7.18. The van der Waals surface area contributed by atoms with Crippen LogP contribution in [0.4, 0.5) is 0 Å². The molecule has 0 spiro atoms. The highest BCUT2D eigenvalue weighted by Gasteiger charge is 2.28. The maximum Gasteiger partial charge on any atom is 0.338 e. The number of fused-ring (bicyclic) bond motifs is 1. The zero-order valence-corrected chi connectivity index (χ0v) is 15.0. The van der Waals surface area contributed by atoms with E-state index in [1.165, 1.54) is 42.5 Å². The highest BCUT2D eigenvalue weighted by Crippen LogP contribution is 2.31. The number of methoxy groups -OCH3 is 1. The van der Waals surface area contributed by atoms with Crippen molar-refractivity contribution >= 4 is 37.0 Å². The van der Waals surface area contributed by atoms with Crippen LogP contribution in [-0.2, 0) is 24.9 Å². The Labute approximate surface area is 149 Å². The molecule has 0 fully saturated rings. The minimum absolute atomic E-state index is 0.0793. The van der Waals surface area contributed by atoms with Crippen LogP contribution in [0.5, 0.6) is 0 Å². The third-order valence-corrected chi connectivity index (χ3v) is 6.30. The summed E-state index contributed by atoms with van der Waals surface area (Å²) in [7, 11) is -7.87. The van der Waals surface area contributed by atoms with E-state index in [4.69, 9.17) is 0 Å². The zero-order valence-electron chi connectivity index (χ0n) is 13.4. The number of esters is 1. The second kappa shape index (κ2) is 6.24. The number of nitrogens with zero attached hydrogens (tertiary/aromatic N) is 1. The van der Waals surface area contributed by atoms with Crippen LogP contribution in [0, 0.1) is 0 Å². The van der Waals surface area contributed by atoms with E-state index in [9.17, 15) is 26.2 Å². The Morgan fingerprint density at radius 3 is 2.23 bits per heavy atom. The predicted molar refractivity (Wildman–Crippen MR) is 92.1 cm³/mol. The van der Waals surface area contributed by atoms with Crippen LogP contribution in [0.3, 0.4) is 0 Å². The maximum absolute atomic E-state index is 12.9. The van der Waals surface area contributed by atoms with Gasteiger partial charge in [-0.1, -0.05) is 24.3 Å². The lowest BCUT2D eigenvalue weighted by Gasteiger charge is -2.08. The van der Waals surface area contributed by atoms with Crippen LogP contribution in [-0.4, -0.2) is 38.4 Å². The average Bonchev–Trinajstić information content (AvgIpc) is 3.02. The van der Waals surface area contributed by atoms with Gasteiger partial charge in [0.1, 0.15) is 4.90 Å². The fraction of sp³-hybridized carbons (Fsp3) is 0.0625. The zero-order chi connectivity index (χ0) is 19.1. The van der Waals surface area contributed by atoms with Crippen molar-refractivity contribution in [2.75, 3.05) is 7.11 Å². The molecular weight excluding hydrogens is 382 g/mol. The minimum atomic E-state index is -4.81. The second-order valence-electron chi connectivity index (χ2n) is 5.27. The van der Waals surface area contributed by atoms with Gasteiger partial charge in [0, 0.05) is 11.6 Å². The fourth-order valence-electron chi connectivity index (χ4n) is 2.60. The van der Waals surface area contributed by atoms with E-state index in [1.807, 2.05) is 0 Å². The first kappa shape index (κ1) is 18.1. The van der Waals surface area contributed by atoms with Crippen molar-refractivity contribution in [2.24, 2.45) is 0 Å². The number of hydrogen-bond donors (Lipinski definition) is 1. The number of carbonyl (C=O) groups excluding carboxylic acids is 1. The molecule has 2 aromatic carbocycles. The van der Waals surface area contributed by atoms with Crippen molar-refractivity contribution in [3.8, 4) is 0 Å². The summed E-state index contributed by atoms with van der Waals surface area (Å²) in [5.41, 5.74) is -0.260. The Hall–Kier alpha value is -2.69. The van der Waals surface area contributed by atoms with Gasteiger partial charge in [-0.2, -0.15) is 8.42 Å². The van der Waals surface area contributed by atoms with E-state index >= 15 is 0 Å². The smallest absolute Gasteiger partial charge is 0.338 e. The number of aromatic nitrogens is 1. The van der Waals surface area contributed by atoms with Crippen LogP contribution >= 0.6 is 0 Å². The van der Waals surface area contributed by atoms with E-state index in [2.05, 4.69) is 4.74 Å². The molecule has 0 radical (unpaired) electrons. The SMILES string of the molecule is COC(=O)c1cccc2c1c(S(=O)(=O)O)cn2S(=O)(=O)c1ccccc1. The van der Waals surface area contributed by atoms with E-state index < -0.39 is 31.0 Å². The van der Waals surface area contributed by atoms with Crippen molar-refractivity contribution in [1.29, 1.82) is 0 Å². The molecule has 0 amide bonds. The lowest BCUT2D eigenvalue weighted by Crippen LogP contribution is -2.12. The van der Waals surface area contributed by atoms with Crippen molar-refractivity contribution in [1.82, 2.24) is 3.97 Å². The molecule has 0 bridgehead atoms. The molecule has 136 valence electrons. The third kappa shape index (κ3) is 2.87. The number of rotatable bonds is 4. The lowest BCUT2D eigenvalue weighted by molar-refractivity contribution is 0.0603. The summed E-state index contributed by atoms with van der Waals surface area (Å²) in [4.78, 5) is 11.2. The summed E-state index contributed by atoms with van der Waals surface area (Å²) in [6.07, 6.45) is 0.773. The number of carbonyl (C=O) groups is 1. The predicted octanol–water partition coefficient (Wildman–Crippen LogP) is 1.91. The first-order valence-corrected chi connectivity index (χ1v) is 10.1. The van der Waals surface area contributed by atoms with Gasteiger partial charge >= 0.3 is 5.97 Å². The minimum Gasteiger partial charge on any atom is -0.465 e. The van der Waals surface area contributed by atoms with Crippen molar-refractivity contribution in [3.05, 3.63) is 60.3 Å². The summed E-state index contributed by atoms with van der Waals surface area (Å²) in [6, 6.07) is 11.4. The molecule has 0 aliphatic carbocycles. The van der Waals surface area contributed by atoms with Gasteiger partial charge in [0.2, 0.25) is 0 Å². The fourth-order valence-corrected chi connectivity index (χ4v) is 4.77. The highest BCUT2D eigenvalue weighted by atomic mass is 32.2. The third-order valence-electron chi connectivity index (χ3n) is 3.74. The summed E-state index contributed by atoms with van der Waals surface area (Å²) in [5, 5.41) is -0.235. The van der Waals surface area contributed by atoms with Gasteiger partial charge in [0.25, 0.3) is 20.1 Å². The van der Waals surface area contributed by atoms with Crippen LogP contribution in [0.2, 0.25) is 0 Å². The maximum atomic E-state index is 12.9. The summed E-state index contributed by atoms with van der Waals surface area (Å²) >= 11 is 0. The normalized spacial score (nSPS) is 12.2. The van der Waals surface area contributed by atoms with Gasteiger partial charge in [0.05, 0.1) is 23.1 Å². The first-order chi connectivity index (χ1) is 12.2. The molecule has 1 N–H and O–H groups in total.